The molecule has 0 spiro atoms. The molecule has 1 fully saturated rings. The standard InChI is InChI=1S/C20H26N2O3/c1-14-10-11-15-7-5-9-17(18(15)21-14)24-16-8-6-12-22(13-16)19(23)25-20(2,3)4/h5,7,9-11,16H,6,8,12-13H2,1-4H3/t16-/m0/s1. The molecule has 2 aromatic rings. The van der Waals surface area contributed by atoms with Crippen LogP contribution in [0.25, 0.3) is 10.9 Å². The van der Waals surface area contributed by atoms with Crippen LogP contribution in [0, 0.1) is 6.92 Å². The molecule has 5 nitrogen and oxygen atoms in total. The molecule has 2 heterocycles. The van der Waals surface area contributed by atoms with Gasteiger partial charge in [-0.05, 0) is 52.7 Å². The average molecular weight is 342 g/mol. The summed E-state index contributed by atoms with van der Waals surface area (Å²) < 4.78 is 11.7. The first-order valence-electron chi connectivity index (χ1n) is 8.83. The first kappa shape index (κ1) is 17.5. The second kappa shape index (κ2) is 6.90. The molecule has 0 N–H and O–H groups in total. The minimum absolute atomic E-state index is 0.0471. The molecular formula is C20H26N2O3. The zero-order chi connectivity index (χ0) is 18.0. The molecule has 0 radical (unpaired) electrons. The number of aryl methyl sites for hydroxylation is 1. The van der Waals surface area contributed by atoms with E-state index in [0.717, 1.165) is 35.2 Å². The number of carbonyl (C=O) groups is 1. The number of hydrogen-bond acceptors (Lipinski definition) is 4. The molecule has 0 unspecified atom stereocenters. The first-order valence-corrected chi connectivity index (χ1v) is 8.83. The Morgan fingerprint density at radius 3 is 2.80 bits per heavy atom. The lowest BCUT2D eigenvalue weighted by molar-refractivity contribution is 0.00792. The fourth-order valence-electron chi connectivity index (χ4n) is 3.02. The van der Waals surface area contributed by atoms with Crippen molar-refractivity contribution in [2.24, 2.45) is 0 Å². The van der Waals surface area contributed by atoms with Crippen molar-refractivity contribution in [3.05, 3.63) is 36.0 Å². The number of rotatable bonds is 2. The van der Waals surface area contributed by atoms with Crippen molar-refractivity contribution in [1.29, 1.82) is 0 Å². The number of benzene rings is 1. The van der Waals surface area contributed by atoms with Gasteiger partial charge in [-0.2, -0.15) is 0 Å². The molecule has 1 amide bonds. The molecule has 1 saturated heterocycles. The lowest BCUT2D eigenvalue weighted by Crippen LogP contribution is -2.46. The van der Waals surface area contributed by atoms with E-state index in [1.807, 2.05) is 52.0 Å². The van der Waals surface area contributed by atoms with E-state index in [2.05, 4.69) is 11.1 Å². The topological polar surface area (TPSA) is 51.7 Å². The molecule has 0 bridgehead atoms. The van der Waals surface area contributed by atoms with Gasteiger partial charge in [-0.25, -0.2) is 9.78 Å². The maximum absolute atomic E-state index is 12.3. The average Bonchev–Trinajstić information content (AvgIpc) is 2.54. The van der Waals surface area contributed by atoms with E-state index >= 15 is 0 Å². The summed E-state index contributed by atoms with van der Waals surface area (Å²) in [6, 6.07) is 10.0. The van der Waals surface area contributed by atoms with Gasteiger partial charge in [-0.1, -0.05) is 18.2 Å². The van der Waals surface area contributed by atoms with Crippen LogP contribution in [-0.2, 0) is 4.74 Å². The number of pyridine rings is 1. The molecule has 0 aliphatic carbocycles. The lowest BCUT2D eigenvalue weighted by atomic mass is 10.1. The van der Waals surface area contributed by atoms with Crippen molar-refractivity contribution < 1.29 is 14.3 Å². The minimum atomic E-state index is -0.484. The van der Waals surface area contributed by atoms with Crippen LogP contribution in [0.2, 0.25) is 0 Å². The number of carbonyl (C=O) groups excluding carboxylic acids is 1. The highest BCUT2D eigenvalue weighted by Gasteiger charge is 2.28. The van der Waals surface area contributed by atoms with Crippen LogP contribution in [-0.4, -0.2) is 40.8 Å². The van der Waals surface area contributed by atoms with E-state index in [1.54, 1.807) is 4.90 Å². The molecule has 5 heteroatoms. The van der Waals surface area contributed by atoms with E-state index in [-0.39, 0.29) is 12.2 Å². The second-order valence-electron chi connectivity index (χ2n) is 7.59. The molecule has 1 aromatic heterocycles. The largest absolute Gasteiger partial charge is 0.486 e. The molecule has 134 valence electrons. The Bertz CT molecular complexity index is 767. The summed E-state index contributed by atoms with van der Waals surface area (Å²) in [5.74, 6) is 0.775. The molecule has 1 aliphatic heterocycles. The molecular weight excluding hydrogens is 316 g/mol. The highest BCUT2D eigenvalue weighted by Crippen LogP contribution is 2.27. The van der Waals surface area contributed by atoms with Gasteiger partial charge in [0.05, 0.1) is 6.54 Å². The Morgan fingerprint density at radius 1 is 1.24 bits per heavy atom. The van der Waals surface area contributed by atoms with Crippen molar-refractivity contribution >= 4 is 17.0 Å². The number of nitrogens with zero attached hydrogens (tertiary/aromatic N) is 2. The molecule has 0 saturated carbocycles. The Labute approximate surface area is 148 Å². The molecule has 1 aromatic carbocycles. The third-order valence-electron chi connectivity index (χ3n) is 4.15. The highest BCUT2D eigenvalue weighted by atomic mass is 16.6. The van der Waals surface area contributed by atoms with Gasteiger partial charge in [0.1, 0.15) is 23.0 Å². The van der Waals surface area contributed by atoms with E-state index in [9.17, 15) is 4.79 Å². The number of ether oxygens (including phenoxy) is 2. The van der Waals surface area contributed by atoms with Gasteiger partial charge in [0.15, 0.2) is 0 Å². The predicted molar refractivity (Wildman–Crippen MR) is 97.9 cm³/mol. The second-order valence-corrected chi connectivity index (χ2v) is 7.59. The lowest BCUT2D eigenvalue weighted by Gasteiger charge is -2.34. The number of likely N-dealkylation sites (tertiary alicyclic amines) is 1. The van der Waals surface area contributed by atoms with Crippen molar-refractivity contribution in [3.8, 4) is 5.75 Å². The van der Waals surface area contributed by atoms with E-state index in [1.165, 1.54) is 0 Å². The first-order chi connectivity index (χ1) is 11.8. The molecule has 1 atom stereocenters. The zero-order valence-corrected chi connectivity index (χ0v) is 15.4. The van der Waals surface area contributed by atoms with Gasteiger partial charge in [-0.3, -0.25) is 0 Å². The Balaban J connectivity index is 1.73. The number of fused-ring (bicyclic) bond motifs is 1. The Hall–Kier alpha value is -2.30. The van der Waals surface area contributed by atoms with E-state index in [4.69, 9.17) is 9.47 Å². The van der Waals surface area contributed by atoms with Crippen LogP contribution in [0.4, 0.5) is 4.79 Å². The maximum atomic E-state index is 12.3. The Kier molecular flexibility index (Phi) is 4.84. The van der Waals surface area contributed by atoms with Crippen molar-refractivity contribution in [1.82, 2.24) is 9.88 Å². The Morgan fingerprint density at radius 2 is 2.04 bits per heavy atom. The van der Waals surface area contributed by atoms with E-state index in [0.29, 0.717) is 13.1 Å². The van der Waals surface area contributed by atoms with Gasteiger partial charge in [-0.15, -0.1) is 0 Å². The van der Waals surface area contributed by atoms with Crippen molar-refractivity contribution in [2.75, 3.05) is 13.1 Å². The zero-order valence-electron chi connectivity index (χ0n) is 15.4. The van der Waals surface area contributed by atoms with Crippen LogP contribution in [0.1, 0.15) is 39.3 Å². The van der Waals surface area contributed by atoms with Gasteiger partial charge in [0, 0.05) is 17.6 Å². The molecule has 25 heavy (non-hydrogen) atoms. The SMILES string of the molecule is Cc1ccc2cccc(O[C@H]3CCCN(C(=O)OC(C)(C)C)C3)c2n1. The summed E-state index contributed by atoms with van der Waals surface area (Å²) in [6.45, 7) is 8.87. The van der Waals surface area contributed by atoms with Crippen molar-refractivity contribution in [2.45, 2.75) is 52.2 Å². The van der Waals surface area contributed by atoms with Gasteiger partial charge >= 0.3 is 6.09 Å². The van der Waals surface area contributed by atoms with Crippen LogP contribution in [0.15, 0.2) is 30.3 Å². The van der Waals surface area contributed by atoms with Crippen LogP contribution in [0.5, 0.6) is 5.75 Å². The normalized spacial score (nSPS) is 18.2. The summed E-state index contributed by atoms with van der Waals surface area (Å²) in [6.07, 6.45) is 1.50. The van der Waals surface area contributed by atoms with Crippen LogP contribution >= 0.6 is 0 Å². The summed E-state index contributed by atoms with van der Waals surface area (Å²) >= 11 is 0. The number of para-hydroxylation sites is 1. The summed E-state index contributed by atoms with van der Waals surface area (Å²) in [5.41, 5.74) is 1.35. The number of aromatic nitrogens is 1. The maximum Gasteiger partial charge on any atom is 0.410 e. The van der Waals surface area contributed by atoms with E-state index < -0.39 is 5.60 Å². The fourth-order valence-corrected chi connectivity index (χ4v) is 3.02. The molecule has 3 rings (SSSR count). The minimum Gasteiger partial charge on any atom is -0.486 e. The van der Waals surface area contributed by atoms with Crippen LogP contribution < -0.4 is 4.74 Å². The predicted octanol–water partition coefficient (Wildman–Crippen LogP) is 4.32. The quantitative estimate of drug-likeness (QED) is 0.815. The highest BCUT2D eigenvalue weighted by molar-refractivity contribution is 5.84. The third kappa shape index (κ3) is 4.41. The summed E-state index contributed by atoms with van der Waals surface area (Å²) in [5, 5.41) is 1.06. The smallest absolute Gasteiger partial charge is 0.410 e. The van der Waals surface area contributed by atoms with Gasteiger partial charge in [0.2, 0.25) is 0 Å². The number of amides is 1. The van der Waals surface area contributed by atoms with Gasteiger partial charge in [0.25, 0.3) is 0 Å². The number of hydrogen-bond donors (Lipinski definition) is 0. The monoisotopic (exact) mass is 342 g/mol. The number of piperidine rings is 1. The summed E-state index contributed by atoms with van der Waals surface area (Å²) in [7, 11) is 0. The van der Waals surface area contributed by atoms with Crippen LogP contribution in [0.3, 0.4) is 0 Å². The van der Waals surface area contributed by atoms with Gasteiger partial charge < -0.3 is 14.4 Å². The van der Waals surface area contributed by atoms with Crippen molar-refractivity contribution in [3.63, 3.8) is 0 Å². The third-order valence-corrected chi connectivity index (χ3v) is 4.15. The fraction of sp³-hybridized carbons (Fsp3) is 0.500. The summed E-state index contributed by atoms with van der Waals surface area (Å²) in [4.78, 5) is 18.7. The molecule has 1 aliphatic rings.